The molecule has 0 saturated carbocycles. The minimum Gasteiger partial charge on any atom is -0.299 e. The lowest BCUT2D eigenvalue weighted by Crippen LogP contribution is -2.10. The van der Waals surface area contributed by atoms with E-state index in [0.29, 0.717) is 5.02 Å². The average Bonchev–Trinajstić information content (AvgIpc) is 2.33. The van der Waals surface area contributed by atoms with Crippen molar-refractivity contribution in [1.82, 2.24) is 0 Å². The van der Waals surface area contributed by atoms with E-state index in [-0.39, 0.29) is 11.7 Å². The maximum Gasteiger partial charge on any atom is 0.141 e. The molecule has 17 heavy (non-hydrogen) atoms. The van der Waals surface area contributed by atoms with E-state index >= 15 is 0 Å². The maximum atomic E-state index is 11.8. The van der Waals surface area contributed by atoms with Crippen LogP contribution in [0.15, 0.2) is 54.6 Å². The number of ketones is 1. The van der Waals surface area contributed by atoms with Gasteiger partial charge >= 0.3 is 0 Å². The zero-order valence-electron chi connectivity index (χ0n) is 9.56. The summed E-state index contributed by atoms with van der Waals surface area (Å²) in [5.74, 6) is -0.172. The normalized spacial score (nSPS) is 12.1. The first kappa shape index (κ1) is 11.9. The van der Waals surface area contributed by atoms with Crippen molar-refractivity contribution in [2.24, 2.45) is 0 Å². The molecule has 86 valence electrons. The van der Waals surface area contributed by atoms with Gasteiger partial charge in [0.25, 0.3) is 0 Å². The number of carbonyl (C=O) groups is 1. The fourth-order valence-corrected chi connectivity index (χ4v) is 2.23. The molecule has 0 saturated heterocycles. The fourth-order valence-electron chi connectivity index (χ4n) is 1.99. The molecular formula is C15H13ClO. The molecule has 1 atom stereocenters. The Kier molecular flexibility index (Phi) is 3.60. The molecule has 0 aliphatic rings. The third-order valence-electron chi connectivity index (χ3n) is 2.76. The molecule has 0 bridgehead atoms. The number of carbonyl (C=O) groups excluding carboxylic acids is 1. The van der Waals surface area contributed by atoms with Gasteiger partial charge in [0.1, 0.15) is 5.78 Å². The Balaban J connectivity index is 2.51. The Morgan fingerprint density at radius 2 is 1.59 bits per heavy atom. The van der Waals surface area contributed by atoms with Crippen molar-refractivity contribution >= 4 is 17.4 Å². The molecule has 1 unspecified atom stereocenters. The summed E-state index contributed by atoms with van der Waals surface area (Å²) < 4.78 is 0. The van der Waals surface area contributed by atoms with Crippen molar-refractivity contribution in [3.8, 4) is 0 Å². The summed E-state index contributed by atoms with van der Waals surface area (Å²) >= 11 is 6.16. The SMILES string of the molecule is CC(=O)C(c1ccccc1)c1ccccc1Cl. The molecule has 0 amide bonds. The van der Waals surface area contributed by atoms with Gasteiger partial charge in [-0.1, -0.05) is 60.1 Å². The summed E-state index contributed by atoms with van der Waals surface area (Å²) in [5, 5.41) is 0.636. The number of hydrogen-bond donors (Lipinski definition) is 0. The number of rotatable bonds is 3. The first-order chi connectivity index (χ1) is 8.20. The molecule has 2 rings (SSSR count). The van der Waals surface area contributed by atoms with Crippen LogP contribution in [0.2, 0.25) is 5.02 Å². The van der Waals surface area contributed by atoms with E-state index in [2.05, 4.69) is 0 Å². The number of halogens is 1. The van der Waals surface area contributed by atoms with Crippen LogP contribution in [0, 0.1) is 0 Å². The largest absolute Gasteiger partial charge is 0.299 e. The third kappa shape index (κ3) is 2.56. The van der Waals surface area contributed by atoms with Crippen molar-refractivity contribution in [2.75, 3.05) is 0 Å². The van der Waals surface area contributed by atoms with Gasteiger partial charge in [0, 0.05) is 5.02 Å². The standard InChI is InChI=1S/C15H13ClO/c1-11(17)15(12-7-3-2-4-8-12)13-9-5-6-10-14(13)16/h2-10,15H,1H3. The Morgan fingerprint density at radius 3 is 2.18 bits per heavy atom. The lowest BCUT2D eigenvalue weighted by molar-refractivity contribution is -0.117. The number of benzene rings is 2. The molecule has 2 heteroatoms. The van der Waals surface area contributed by atoms with Crippen LogP contribution in [0.3, 0.4) is 0 Å². The summed E-state index contributed by atoms with van der Waals surface area (Å²) in [6, 6.07) is 17.2. The zero-order chi connectivity index (χ0) is 12.3. The van der Waals surface area contributed by atoms with Crippen LogP contribution in [0.1, 0.15) is 24.0 Å². The van der Waals surface area contributed by atoms with Gasteiger partial charge in [-0.25, -0.2) is 0 Å². The van der Waals surface area contributed by atoms with E-state index in [1.807, 2.05) is 54.6 Å². The predicted octanol–water partition coefficient (Wildman–Crippen LogP) is 4.06. The molecule has 0 radical (unpaired) electrons. The van der Waals surface area contributed by atoms with E-state index in [1.54, 1.807) is 6.92 Å². The van der Waals surface area contributed by atoms with Gasteiger partial charge in [0.2, 0.25) is 0 Å². The molecule has 0 aliphatic heterocycles. The van der Waals surface area contributed by atoms with Crippen molar-refractivity contribution in [2.45, 2.75) is 12.8 Å². The second-order valence-electron chi connectivity index (χ2n) is 3.98. The molecule has 2 aromatic carbocycles. The summed E-state index contributed by atoms with van der Waals surface area (Å²) in [4.78, 5) is 11.8. The van der Waals surface area contributed by atoms with Crippen LogP contribution in [0.4, 0.5) is 0 Å². The third-order valence-corrected chi connectivity index (χ3v) is 3.10. The average molecular weight is 245 g/mol. The molecule has 0 spiro atoms. The topological polar surface area (TPSA) is 17.1 Å². The van der Waals surface area contributed by atoms with Gasteiger partial charge in [-0.2, -0.15) is 0 Å². The highest BCUT2D eigenvalue weighted by atomic mass is 35.5. The van der Waals surface area contributed by atoms with Crippen LogP contribution < -0.4 is 0 Å². The Morgan fingerprint density at radius 1 is 1.00 bits per heavy atom. The van der Waals surface area contributed by atoms with E-state index < -0.39 is 0 Å². The highest BCUT2D eigenvalue weighted by molar-refractivity contribution is 6.31. The number of Topliss-reactive ketones (excluding diaryl/α,β-unsaturated/α-hetero) is 1. The lowest BCUT2D eigenvalue weighted by Gasteiger charge is -2.16. The lowest BCUT2D eigenvalue weighted by atomic mass is 9.88. The van der Waals surface area contributed by atoms with Crippen molar-refractivity contribution in [1.29, 1.82) is 0 Å². The molecule has 0 aliphatic carbocycles. The van der Waals surface area contributed by atoms with Gasteiger partial charge in [-0.3, -0.25) is 4.79 Å². The van der Waals surface area contributed by atoms with Crippen LogP contribution in [0.25, 0.3) is 0 Å². The Bertz CT molecular complexity index is 519. The summed E-state index contributed by atoms with van der Waals surface area (Å²) in [6.07, 6.45) is 0. The quantitative estimate of drug-likeness (QED) is 0.796. The van der Waals surface area contributed by atoms with E-state index in [4.69, 9.17) is 11.6 Å². The molecule has 1 nitrogen and oxygen atoms in total. The van der Waals surface area contributed by atoms with Crippen molar-refractivity contribution in [3.05, 3.63) is 70.7 Å². The maximum absolute atomic E-state index is 11.8. The first-order valence-electron chi connectivity index (χ1n) is 5.50. The molecule has 0 N–H and O–H groups in total. The van der Waals surface area contributed by atoms with Crippen LogP contribution >= 0.6 is 11.6 Å². The second-order valence-corrected chi connectivity index (χ2v) is 4.38. The Hall–Kier alpha value is -1.60. The highest BCUT2D eigenvalue weighted by Crippen LogP contribution is 2.30. The van der Waals surface area contributed by atoms with Crippen molar-refractivity contribution < 1.29 is 4.79 Å². The summed E-state index contributed by atoms with van der Waals surface area (Å²) in [7, 11) is 0. The van der Waals surface area contributed by atoms with E-state index in [0.717, 1.165) is 11.1 Å². The smallest absolute Gasteiger partial charge is 0.141 e. The molecule has 0 fully saturated rings. The van der Waals surface area contributed by atoms with Crippen LogP contribution in [-0.2, 0) is 4.79 Å². The van der Waals surface area contributed by atoms with Gasteiger partial charge in [0.05, 0.1) is 5.92 Å². The summed E-state index contributed by atoms with van der Waals surface area (Å²) in [6.45, 7) is 1.60. The van der Waals surface area contributed by atoms with Crippen LogP contribution in [-0.4, -0.2) is 5.78 Å². The number of hydrogen-bond acceptors (Lipinski definition) is 1. The van der Waals surface area contributed by atoms with Crippen LogP contribution in [0.5, 0.6) is 0 Å². The molecular weight excluding hydrogens is 232 g/mol. The molecule has 0 heterocycles. The van der Waals surface area contributed by atoms with E-state index in [9.17, 15) is 4.79 Å². The first-order valence-corrected chi connectivity index (χ1v) is 5.88. The monoisotopic (exact) mass is 244 g/mol. The fraction of sp³-hybridized carbons (Fsp3) is 0.133. The minimum absolute atomic E-state index is 0.101. The van der Waals surface area contributed by atoms with Gasteiger partial charge in [0.15, 0.2) is 0 Å². The zero-order valence-corrected chi connectivity index (χ0v) is 10.3. The molecule has 0 aromatic heterocycles. The van der Waals surface area contributed by atoms with E-state index in [1.165, 1.54) is 0 Å². The van der Waals surface area contributed by atoms with Gasteiger partial charge in [-0.05, 0) is 24.1 Å². The minimum atomic E-state index is -0.273. The van der Waals surface area contributed by atoms with Crippen molar-refractivity contribution in [3.63, 3.8) is 0 Å². The van der Waals surface area contributed by atoms with Gasteiger partial charge < -0.3 is 0 Å². The highest BCUT2D eigenvalue weighted by Gasteiger charge is 2.20. The second kappa shape index (κ2) is 5.15. The summed E-state index contributed by atoms with van der Waals surface area (Å²) in [5.41, 5.74) is 1.85. The predicted molar refractivity (Wildman–Crippen MR) is 70.4 cm³/mol. The Labute approximate surface area is 106 Å². The van der Waals surface area contributed by atoms with Gasteiger partial charge in [-0.15, -0.1) is 0 Å². The molecule has 2 aromatic rings.